The Morgan fingerprint density at radius 1 is 1.45 bits per heavy atom. The van der Waals surface area contributed by atoms with E-state index in [1.807, 2.05) is 19.1 Å². The van der Waals surface area contributed by atoms with Gasteiger partial charge in [-0.2, -0.15) is 4.37 Å². The molecule has 1 heterocycles. The fourth-order valence-corrected chi connectivity index (χ4v) is 3.08. The lowest BCUT2D eigenvalue weighted by atomic mass is 10.3. The van der Waals surface area contributed by atoms with Crippen LogP contribution in [0.5, 0.6) is 5.75 Å². The van der Waals surface area contributed by atoms with Gasteiger partial charge in [0.2, 0.25) is 0 Å². The van der Waals surface area contributed by atoms with Gasteiger partial charge < -0.3 is 15.6 Å². The van der Waals surface area contributed by atoms with Gasteiger partial charge in [-0.3, -0.25) is 0 Å². The van der Waals surface area contributed by atoms with Crippen molar-refractivity contribution in [3.8, 4) is 5.75 Å². The lowest BCUT2D eigenvalue weighted by Gasteiger charge is -2.12. The molecule has 0 radical (unpaired) electrons. The zero-order valence-corrected chi connectivity index (χ0v) is 12.8. The average molecular weight is 311 g/mol. The molecule has 108 valence electrons. The van der Waals surface area contributed by atoms with Gasteiger partial charge in [-0.15, -0.1) is 0 Å². The van der Waals surface area contributed by atoms with Crippen LogP contribution in [0.3, 0.4) is 0 Å². The second-order valence-electron chi connectivity index (χ2n) is 4.14. The first kappa shape index (κ1) is 15.1. The number of nitrogens with two attached hydrogens (primary N) is 1. The summed E-state index contributed by atoms with van der Waals surface area (Å²) in [5.74, 6) is 1.96. The van der Waals surface area contributed by atoms with Crippen molar-refractivity contribution in [2.75, 3.05) is 18.1 Å². The van der Waals surface area contributed by atoms with E-state index in [0.29, 0.717) is 17.2 Å². The number of hydrogen-bond donors (Lipinski definition) is 2. The summed E-state index contributed by atoms with van der Waals surface area (Å²) in [6.45, 7) is 2.23. The minimum atomic E-state index is -0.575. The van der Waals surface area contributed by atoms with Crippen molar-refractivity contribution in [3.63, 3.8) is 0 Å². The number of aromatic nitrogens is 2. The number of rotatable bonds is 7. The van der Waals surface area contributed by atoms with Crippen molar-refractivity contribution in [3.05, 3.63) is 30.1 Å². The van der Waals surface area contributed by atoms with Crippen LogP contribution in [0.25, 0.3) is 0 Å². The molecule has 2 rings (SSSR count). The Labute approximate surface area is 126 Å². The summed E-state index contributed by atoms with van der Waals surface area (Å²) in [6, 6.07) is 7.24. The van der Waals surface area contributed by atoms with E-state index in [1.54, 1.807) is 12.1 Å². The van der Waals surface area contributed by atoms with Gasteiger partial charge in [-0.25, -0.2) is 4.98 Å². The molecule has 1 atom stereocenters. The molecule has 0 aliphatic carbocycles. The maximum atomic E-state index is 9.90. The second kappa shape index (κ2) is 7.47. The number of para-hydroxylation sites is 2. The number of benzene rings is 1. The molecule has 0 saturated carbocycles. The quantitative estimate of drug-likeness (QED) is 0.603. The maximum absolute atomic E-state index is 9.90. The lowest BCUT2D eigenvalue weighted by molar-refractivity contribution is 0.127. The van der Waals surface area contributed by atoms with E-state index in [2.05, 4.69) is 9.36 Å². The van der Waals surface area contributed by atoms with E-state index in [4.69, 9.17) is 10.5 Å². The van der Waals surface area contributed by atoms with E-state index in [0.717, 1.165) is 16.6 Å². The van der Waals surface area contributed by atoms with Gasteiger partial charge in [0.15, 0.2) is 4.34 Å². The second-order valence-corrected chi connectivity index (χ2v) is 6.16. The monoisotopic (exact) mass is 311 g/mol. The van der Waals surface area contributed by atoms with Crippen molar-refractivity contribution < 1.29 is 9.84 Å². The number of aliphatic hydroxyl groups excluding tert-OH is 1. The number of hydrogen-bond acceptors (Lipinski definition) is 7. The van der Waals surface area contributed by atoms with Gasteiger partial charge in [0.1, 0.15) is 18.2 Å². The first-order chi connectivity index (χ1) is 9.69. The number of aliphatic hydroxyl groups is 1. The largest absolute Gasteiger partial charge is 0.489 e. The zero-order valence-electron chi connectivity index (χ0n) is 11.2. The molecule has 0 aliphatic rings. The smallest absolute Gasteiger partial charge is 0.170 e. The average Bonchev–Trinajstić information content (AvgIpc) is 2.92. The molecule has 0 bridgehead atoms. The fraction of sp³-hybridized carbons (Fsp3) is 0.385. The molecule has 2 aromatic rings. The SMILES string of the molecule is CCc1nsc(SCC(O)COc2ccccc2N)n1. The van der Waals surface area contributed by atoms with Gasteiger partial charge in [0.05, 0.1) is 11.8 Å². The maximum Gasteiger partial charge on any atom is 0.170 e. The summed E-state index contributed by atoms with van der Waals surface area (Å²) in [5, 5.41) is 9.90. The summed E-state index contributed by atoms with van der Waals surface area (Å²) >= 11 is 2.85. The van der Waals surface area contributed by atoms with Crippen LogP contribution in [0.4, 0.5) is 5.69 Å². The van der Waals surface area contributed by atoms with Gasteiger partial charge >= 0.3 is 0 Å². The van der Waals surface area contributed by atoms with Gasteiger partial charge in [-0.05, 0) is 23.7 Å². The molecular formula is C13H17N3O2S2. The van der Waals surface area contributed by atoms with Crippen LogP contribution in [-0.2, 0) is 6.42 Å². The number of ether oxygens (including phenoxy) is 1. The highest BCUT2D eigenvalue weighted by atomic mass is 32.2. The molecule has 7 heteroatoms. The van der Waals surface area contributed by atoms with Crippen molar-refractivity contribution >= 4 is 29.0 Å². The third-order valence-electron chi connectivity index (χ3n) is 2.52. The Balaban J connectivity index is 1.75. The van der Waals surface area contributed by atoms with Crippen LogP contribution in [0.2, 0.25) is 0 Å². The van der Waals surface area contributed by atoms with Crippen molar-refractivity contribution in [1.29, 1.82) is 0 Å². The molecule has 0 saturated heterocycles. The first-order valence-electron chi connectivity index (χ1n) is 6.29. The highest BCUT2D eigenvalue weighted by molar-refractivity contribution is 8.00. The highest BCUT2D eigenvalue weighted by Gasteiger charge is 2.10. The highest BCUT2D eigenvalue weighted by Crippen LogP contribution is 2.23. The van der Waals surface area contributed by atoms with Crippen LogP contribution < -0.4 is 10.5 Å². The number of thioether (sulfide) groups is 1. The summed E-state index contributed by atoms with van der Waals surface area (Å²) in [7, 11) is 0. The van der Waals surface area contributed by atoms with Crippen LogP contribution in [0.1, 0.15) is 12.7 Å². The Morgan fingerprint density at radius 3 is 2.95 bits per heavy atom. The molecular weight excluding hydrogens is 294 g/mol. The predicted molar refractivity (Wildman–Crippen MR) is 82.4 cm³/mol. The molecule has 1 unspecified atom stereocenters. The Kier molecular flexibility index (Phi) is 5.63. The summed E-state index contributed by atoms with van der Waals surface area (Å²) < 4.78 is 10.6. The number of nitrogen functional groups attached to an aromatic ring is 1. The molecule has 1 aromatic carbocycles. The third-order valence-corrected chi connectivity index (χ3v) is 4.53. The van der Waals surface area contributed by atoms with Gasteiger partial charge in [-0.1, -0.05) is 30.8 Å². The van der Waals surface area contributed by atoms with Gasteiger partial charge in [0.25, 0.3) is 0 Å². The Morgan fingerprint density at radius 2 is 2.25 bits per heavy atom. The van der Waals surface area contributed by atoms with E-state index in [9.17, 15) is 5.11 Å². The topological polar surface area (TPSA) is 81.3 Å². The van der Waals surface area contributed by atoms with E-state index < -0.39 is 6.10 Å². The summed E-state index contributed by atoms with van der Waals surface area (Å²) in [6.07, 6.45) is 0.254. The van der Waals surface area contributed by atoms with E-state index in [1.165, 1.54) is 23.3 Å². The molecule has 0 amide bonds. The fourth-order valence-electron chi connectivity index (χ4n) is 1.45. The van der Waals surface area contributed by atoms with Crippen LogP contribution >= 0.6 is 23.3 Å². The molecule has 3 N–H and O–H groups in total. The number of nitrogens with zero attached hydrogens (tertiary/aromatic N) is 2. The third kappa shape index (κ3) is 4.36. The van der Waals surface area contributed by atoms with E-state index in [-0.39, 0.29) is 6.61 Å². The minimum Gasteiger partial charge on any atom is -0.489 e. The summed E-state index contributed by atoms with van der Waals surface area (Å²) in [4.78, 5) is 4.33. The molecule has 20 heavy (non-hydrogen) atoms. The number of aryl methyl sites for hydroxylation is 1. The molecule has 5 nitrogen and oxygen atoms in total. The summed E-state index contributed by atoms with van der Waals surface area (Å²) in [5.41, 5.74) is 6.33. The minimum absolute atomic E-state index is 0.209. The zero-order chi connectivity index (χ0) is 14.4. The lowest BCUT2D eigenvalue weighted by Crippen LogP contribution is -2.20. The number of anilines is 1. The Hall–Kier alpha value is -1.31. The van der Waals surface area contributed by atoms with Crippen LogP contribution in [0, 0.1) is 0 Å². The van der Waals surface area contributed by atoms with Gasteiger partial charge in [0, 0.05) is 12.2 Å². The first-order valence-corrected chi connectivity index (χ1v) is 8.05. The van der Waals surface area contributed by atoms with E-state index >= 15 is 0 Å². The van der Waals surface area contributed by atoms with Crippen molar-refractivity contribution in [2.24, 2.45) is 0 Å². The van der Waals surface area contributed by atoms with Crippen molar-refractivity contribution in [1.82, 2.24) is 9.36 Å². The molecule has 0 spiro atoms. The predicted octanol–water partition coefficient (Wildman–Crippen LogP) is 2.21. The molecule has 0 aliphatic heterocycles. The Bertz CT molecular complexity index is 548. The van der Waals surface area contributed by atoms with Crippen LogP contribution in [0.15, 0.2) is 28.6 Å². The van der Waals surface area contributed by atoms with Crippen molar-refractivity contribution in [2.45, 2.75) is 23.8 Å². The molecule has 1 aromatic heterocycles. The van der Waals surface area contributed by atoms with Crippen LogP contribution in [-0.4, -0.2) is 32.9 Å². The molecule has 0 fully saturated rings. The standard InChI is InChI=1S/C13H17N3O2S2/c1-2-12-15-13(20-16-12)19-8-9(17)7-18-11-6-4-3-5-10(11)14/h3-6,9,17H,2,7-8,14H2,1H3. The normalized spacial score (nSPS) is 12.3.